The van der Waals surface area contributed by atoms with Crippen molar-refractivity contribution in [2.45, 2.75) is 107 Å². The van der Waals surface area contributed by atoms with Gasteiger partial charge in [-0.3, -0.25) is 15.5 Å². The van der Waals surface area contributed by atoms with Gasteiger partial charge in [0.05, 0.1) is 0 Å². The fraction of sp³-hybridized carbons (Fsp3) is 0.905. The van der Waals surface area contributed by atoms with E-state index in [1.807, 2.05) is 0 Å². The summed E-state index contributed by atoms with van der Waals surface area (Å²) in [5.41, 5.74) is 6.55. The molecule has 166 valence electrons. The SMILES string of the molecule is CC(C)(C)N/C(=N\C1CC(C2CCC(Cl)CC2)NN1)NC(=O)C1CCC(Cl)CC1. The first kappa shape index (κ1) is 23.1. The quantitative estimate of drug-likeness (QED) is 0.303. The lowest BCUT2D eigenvalue weighted by atomic mass is 9.83. The summed E-state index contributed by atoms with van der Waals surface area (Å²) in [7, 11) is 0. The van der Waals surface area contributed by atoms with E-state index in [0.29, 0.717) is 23.3 Å². The molecule has 0 radical (unpaired) electrons. The van der Waals surface area contributed by atoms with Crippen molar-refractivity contribution in [2.24, 2.45) is 16.8 Å². The van der Waals surface area contributed by atoms with E-state index in [4.69, 9.17) is 28.2 Å². The van der Waals surface area contributed by atoms with Gasteiger partial charge in [0, 0.05) is 34.7 Å². The average molecular weight is 446 g/mol. The van der Waals surface area contributed by atoms with Gasteiger partial charge in [0.1, 0.15) is 6.17 Å². The highest BCUT2D eigenvalue weighted by atomic mass is 35.5. The Morgan fingerprint density at radius 3 is 2.10 bits per heavy atom. The van der Waals surface area contributed by atoms with Gasteiger partial charge in [0.25, 0.3) is 0 Å². The minimum Gasteiger partial charge on any atom is -0.351 e. The van der Waals surface area contributed by atoms with E-state index >= 15 is 0 Å². The molecule has 0 bridgehead atoms. The number of hydrazine groups is 1. The van der Waals surface area contributed by atoms with Crippen LogP contribution in [0.2, 0.25) is 0 Å². The Kier molecular flexibility index (Phi) is 8.10. The molecule has 2 unspecified atom stereocenters. The number of rotatable bonds is 3. The fourth-order valence-electron chi connectivity index (χ4n) is 4.58. The second kappa shape index (κ2) is 10.2. The summed E-state index contributed by atoms with van der Waals surface area (Å²) in [5, 5.41) is 6.97. The molecule has 1 saturated heterocycles. The normalized spacial score (nSPS) is 36.7. The van der Waals surface area contributed by atoms with Gasteiger partial charge in [0.2, 0.25) is 5.91 Å². The number of nitrogens with zero attached hydrogens (tertiary/aromatic N) is 1. The second-order valence-electron chi connectivity index (χ2n) is 9.95. The Bertz CT molecular complexity index is 578. The molecule has 3 fully saturated rings. The van der Waals surface area contributed by atoms with Crippen LogP contribution in [0.15, 0.2) is 4.99 Å². The predicted octanol–water partition coefficient (Wildman–Crippen LogP) is 3.63. The number of halogens is 2. The fourth-order valence-corrected chi connectivity index (χ4v) is 5.08. The summed E-state index contributed by atoms with van der Waals surface area (Å²) in [6.07, 6.45) is 8.87. The zero-order valence-corrected chi connectivity index (χ0v) is 19.5. The summed E-state index contributed by atoms with van der Waals surface area (Å²) >= 11 is 12.4. The van der Waals surface area contributed by atoms with Crippen LogP contribution in [0.3, 0.4) is 0 Å². The van der Waals surface area contributed by atoms with Crippen LogP contribution in [0.4, 0.5) is 0 Å². The van der Waals surface area contributed by atoms with Crippen LogP contribution in [0, 0.1) is 11.8 Å². The molecule has 6 nitrogen and oxygen atoms in total. The molecule has 1 amide bonds. The molecule has 0 aromatic carbocycles. The molecule has 29 heavy (non-hydrogen) atoms. The van der Waals surface area contributed by atoms with Crippen molar-refractivity contribution in [1.82, 2.24) is 21.5 Å². The smallest absolute Gasteiger partial charge is 0.229 e. The molecule has 2 aliphatic carbocycles. The molecule has 2 atom stereocenters. The number of guanidine groups is 1. The van der Waals surface area contributed by atoms with Crippen LogP contribution < -0.4 is 21.5 Å². The number of aliphatic imine (C=N–C) groups is 1. The molecule has 1 heterocycles. The minimum absolute atomic E-state index is 0.0186. The number of alkyl halides is 2. The monoisotopic (exact) mass is 445 g/mol. The summed E-state index contributed by atoms with van der Waals surface area (Å²) in [4.78, 5) is 17.6. The van der Waals surface area contributed by atoms with Gasteiger partial charge < -0.3 is 5.32 Å². The van der Waals surface area contributed by atoms with Gasteiger partial charge in [0.15, 0.2) is 5.96 Å². The maximum absolute atomic E-state index is 12.8. The Balaban J connectivity index is 1.59. The Morgan fingerprint density at radius 2 is 1.52 bits per heavy atom. The summed E-state index contributed by atoms with van der Waals surface area (Å²) in [6.45, 7) is 6.21. The first-order valence-electron chi connectivity index (χ1n) is 11.2. The second-order valence-corrected chi connectivity index (χ2v) is 11.2. The van der Waals surface area contributed by atoms with Crippen molar-refractivity contribution in [3.05, 3.63) is 0 Å². The van der Waals surface area contributed by atoms with E-state index in [1.165, 1.54) is 0 Å². The highest BCUT2D eigenvalue weighted by molar-refractivity contribution is 6.20. The van der Waals surface area contributed by atoms with E-state index in [0.717, 1.165) is 57.8 Å². The first-order valence-corrected chi connectivity index (χ1v) is 12.0. The molecule has 0 aromatic rings. The molecule has 0 aromatic heterocycles. The number of hydrogen-bond donors (Lipinski definition) is 4. The number of carbonyl (C=O) groups excluding carboxylic acids is 1. The highest BCUT2D eigenvalue weighted by Crippen LogP contribution is 2.32. The Hall–Kier alpha value is -0.560. The molecule has 3 rings (SSSR count). The van der Waals surface area contributed by atoms with Crippen LogP contribution in [0.5, 0.6) is 0 Å². The molecular weight excluding hydrogens is 409 g/mol. The lowest BCUT2D eigenvalue weighted by Crippen LogP contribution is -2.52. The largest absolute Gasteiger partial charge is 0.351 e. The van der Waals surface area contributed by atoms with E-state index in [2.05, 4.69) is 42.3 Å². The lowest BCUT2D eigenvalue weighted by Gasteiger charge is -2.29. The summed E-state index contributed by atoms with van der Waals surface area (Å²) in [6, 6.07) is 0.401. The third-order valence-corrected chi connectivity index (χ3v) is 7.10. The summed E-state index contributed by atoms with van der Waals surface area (Å²) < 4.78 is 0. The zero-order valence-electron chi connectivity index (χ0n) is 17.9. The van der Waals surface area contributed by atoms with Crippen molar-refractivity contribution < 1.29 is 4.79 Å². The van der Waals surface area contributed by atoms with Crippen LogP contribution >= 0.6 is 23.2 Å². The zero-order chi connectivity index (χ0) is 21.0. The molecule has 0 spiro atoms. The summed E-state index contributed by atoms with van der Waals surface area (Å²) in [5.74, 6) is 1.26. The van der Waals surface area contributed by atoms with Crippen molar-refractivity contribution >= 4 is 35.1 Å². The number of hydrogen-bond acceptors (Lipinski definition) is 4. The standard InChI is InChI=1S/C21H37Cl2N5O/c1-21(2,3)26-20(25-19(29)14-6-10-16(23)11-7-14)24-18-12-17(27-28-18)13-4-8-15(22)9-5-13/h13-18,27-28H,4-12H2,1-3H3,(H2,24,25,26,29). The van der Waals surface area contributed by atoms with Crippen LogP contribution in [-0.2, 0) is 4.79 Å². The number of nitrogens with one attached hydrogen (secondary N) is 4. The average Bonchev–Trinajstić information content (AvgIpc) is 3.09. The molecule has 2 saturated carbocycles. The van der Waals surface area contributed by atoms with Gasteiger partial charge in [-0.1, -0.05) is 0 Å². The van der Waals surface area contributed by atoms with Crippen molar-refractivity contribution in [1.29, 1.82) is 0 Å². The maximum Gasteiger partial charge on any atom is 0.229 e. The highest BCUT2D eigenvalue weighted by Gasteiger charge is 2.33. The van der Waals surface area contributed by atoms with Gasteiger partial charge in [-0.2, -0.15) is 0 Å². The van der Waals surface area contributed by atoms with E-state index in [-0.39, 0.29) is 28.9 Å². The maximum atomic E-state index is 12.8. The van der Waals surface area contributed by atoms with Crippen molar-refractivity contribution in [3.63, 3.8) is 0 Å². The number of carbonyl (C=O) groups is 1. The lowest BCUT2D eigenvalue weighted by molar-refractivity contribution is -0.124. The van der Waals surface area contributed by atoms with Crippen molar-refractivity contribution in [2.75, 3.05) is 0 Å². The van der Waals surface area contributed by atoms with Gasteiger partial charge in [-0.15, -0.1) is 23.2 Å². The van der Waals surface area contributed by atoms with Crippen LogP contribution in [-0.4, -0.2) is 40.4 Å². The molecule has 8 heteroatoms. The number of amides is 1. The molecule has 1 aliphatic heterocycles. The van der Waals surface area contributed by atoms with Crippen molar-refractivity contribution in [3.8, 4) is 0 Å². The molecule has 4 N–H and O–H groups in total. The first-order chi connectivity index (χ1) is 13.7. The molecule has 3 aliphatic rings. The third kappa shape index (κ3) is 7.27. The van der Waals surface area contributed by atoms with E-state index in [9.17, 15) is 4.79 Å². The van der Waals surface area contributed by atoms with Gasteiger partial charge >= 0.3 is 0 Å². The topological polar surface area (TPSA) is 77.6 Å². The molecular formula is C21H37Cl2N5O. The van der Waals surface area contributed by atoms with Gasteiger partial charge in [-0.25, -0.2) is 10.4 Å². The Morgan fingerprint density at radius 1 is 0.931 bits per heavy atom. The Labute approximate surface area is 185 Å². The minimum atomic E-state index is -0.190. The van der Waals surface area contributed by atoms with E-state index < -0.39 is 0 Å². The predicted molar refractivity (Wildman–Crippen MR) is 120 cm³/mol. The third-order valence-electron chi connectivity index (χ3n) is 6.23. The van der Waals surface area contributed by atoms with Gasteiger partial charge in [-0.05, 0) is 78.1 Å². The van der Waals surface area contributed by atoms with Crippen LogP contribution in [0.1, 0.15) is 78.6 Å². The van der Waals surface area contributed by atoms with E-state index in [1.54, 1.807) is 0 Å². The van der Waals surface area contributed by atoms with Crippen LogP contribution in [0.25, 0.3) is 0 Å².